The summed E-state index contributed by atoms with van der Waals surface area (Å²) in [4.78, 5) is 2.43. The lowest BCUT2D eigenvalue weighted by Crippen LogP contribution is -2.35. The molecule has 2 N–H and O–H groups in total. The molecule has 24 heavy (non-hydrogen) atoms. The number of aliphatic hydroxyl groups is 1. The topological polar surface area (TPSA) is 35.5 Å². The summed E-state index contributed by atoms with van der Waals surface area (Å²) in [6.45, 7) is 3.16. The first kappa shape index (κ1) is 16.6. The summed E-state index contributed by atoms with van der Waals surface area (Å²) in [5.74, 6) is 0.468. The van der Waals surface area contributed by atoms with E-state index in [1.54, 1.807) is 0 Å². The van der Waals surface area contributed by atoms with E-state index in [1.807, 2.05) is 6.07 Å². The minimum Gasteiger partial charge on any atom is -0.396 e. The predicted molar refractivity (Wildman–Crippen MR) is 102 cm³/mol. The Kier molecular flexibility index (Phi) is 5.91. The third-order valence-electron chi connectivity index (χ3n) is 4.64. The highest BCUT2D eigenvalue weighted by Gasteiger charge is 2.20. The highest BCUT2D eigenvalue weighted by Crippen LogP contribution is 2.29. The van der Waals surface area contributed by atoms with Crippen molar-refractivity contribution in [3.63, 3.8) is 0 Å². The molecule has 0 aromatic heterocycles. The van der Waals surface area contributed by atoms with Crippen molar-refractivity contribution in [2.75, 3.05) is 36.5 Å². The first-order valence-corrected chi connectivity index (χ1v) is 8.77. The van der Waals surface area contributed by atoms with E-state index in [0.29, 0.717) is 12.5 Å². The number of benzene rings is 2. The number of para-hydroxylation sites is 2. The van der Waals surface area contributed by atoms with Gasteiger partial charge in [-0.3, -0.25) is 0 Å². The Morgan fingerprint density at radius 2 is 1.71 bits per heavy atom. The molecule has 1 aliphatic rings. The largest absolute Gasteiger partial charge is 0.396 e. The van der Waals surface area contributed by atoms with Crippen molar-refractivity contribution in [3.8, 4) is 0 Å². The highest BCUT2D eigenvalue weighted by molar-refractivity contribution is 5.70. The molecule has 0 spiro atoms. The summed E-state index contributed by atoms with van der Waals surface area (Å²) in [6.07, 6.45) is 6.43. The van der Waals surface area contributed by atoms with Gasteiger partial charge in [-0.2, -0.15) is 0 Å². The van der Waals surface area contributed by atoms with Crippen molar-refractivity contribution in [1.29, 1.82) is 0 Å². The van der Waals surface area contributed by atoms with E-state index < -0.39 is 0 Å². The van der Waals surface area contributed by atoms with Gasteiger partial charge in [0.05, 0.1) is 11.4 Å². The van der Waals surface area contributed by atoms with Crippen LogP contribution in [0.25, 0.3) is 6.08 Å². The van der Waals surface area contributed by atoms with Gasteiger partial charge in [0, 0.05) is 26.2 Å². The molecular formula is C21H26N2O. The van der Waals surface area contributed by atoms with Gasteiger partial charge in [-0.25, -0.2) is 0 Å². The smallest absolute Gasteiger partial charge is 0.0602 e. The quantitative estimate of drug-likeness (QED) is 0.843. The van der Waals surface area contributed by atoms with Gasteiger partial charge in [-0.15, -0.1) is 0 Å². The fourth-order valence-electron chi connectivity index (χ4n) is 3.18. The molecule has 0 amide bonds. The summed E-state index contributed by atoms with van der Waals surface area (Å²) in [5.41, 5.74) is 3.67. The van der Waals surface area contributed by atoms with Gasteiger partial charge in [0.25, 0.3) is 0 Å². The van der Waals surface area contributed by atoms with Crippen molar-refractivity contribution >= 4 is 17.5 Å². The average molecular weight is 322 g/mol. The molecule has 0 aliphatic carbocycles. The second kappa shape index (κ2) is 8.55. The highest BCUT2D eigenvalue weighted by atomic mass is 16.3. The number of nitrogens with zero attached hydrogens (tertiary/aromatic N) is 1. The normalized spacial score (nSPS) is 15.8. The standard InChI is InChI=1S/C21H26N2O/c24-17-19-12-15-23(16-13-19)21-11-5-4-10-20(21)22-14-6-9-18-7-2-1-3-8-18/h1-11,19,22,24H,12-17H2/b9-6+. The number of hydrogen-bond acceptors (Lipinski definition) is 3. The van der Waals surface area contributed by atoms with Crippen LogP contribution in [0.4, 0.5) is 11.4 Å². The van der Waals surface area contributed by atoms with Crippen LogP contribution in [0, 0.1) is 5.92 Å². The minimum absolute atomic E-state index is 0.317. The molecule has 1 aliphatic heterocycles. The van der Waals surface area contributed by atoms with Crippen molar-refractivity contribution in [3.05, 3.63) is 66.2 Å². The lowest BCUT2D eigenvalue weighted by atomic mass is 9.97. The van der Waals surface area contributed by atoms with Crippen LogP contribution in [0.5, 0.6) is 0 Å². The van der Waals surface area contributed by atoms with E-state index >= 15 is 0 Å². The Morgan fingerprint density at radius 1 is 1.00 bits per heavy atom. The van der Waals surface area contributed by atoms with Crippen LogP contribution in [0.3, 0.4) is 0 Å². The minimum atomic E-state index is 0.317. The molecule has 126 valence electrons. The Hall–Kier alpha value is -2.26. The molecule has 1 saturated heterocycles. The summed E-state index contributed by atoms with van der Waals surface area (Å²) in [5, 5.41) is 12.8. The van der Waals surface area contributed by atoms with Crippen molar-refractivity contribution in [1.82, 2.24) is 0 Å². The van der Waals surface area contributed by atoms with Crippen molar-refractivity contribution in [2.24, 2.45) is 5.92 Å². The van der Waals surface area contributed by atoms with E-state index in [0.717, 1.165) is 32.5 Å². The van der Waals surface area contributed by atoms with E-state index in [-0.39, 0.29) is 0 Å². The van der Waals surface area contributed by atoms with Crippen LogP contribution >= 0.6 is 0 Å². The molecule has 3 nitrogen and oxygen atoms in total. The molecule has 0 radical (unpaired) electrons. The summed E-state index contributed by atoms with van der Waals surface area (Å²) >= 11 is 0. The van der Waals surface area contributed by atoms with Crippen molar-refractivity contribution < 1.29 is 5.11 Å². The molecule has 1 heterocycles. The zero-order chi connectivity index (χ0) is 16.6. The predicted octanol–water partition coefficient (Wildman–Crippen LogP) is 4.02. The number of aliphatic hydroxyl groups excluding tert-OH is 1. The van der Waals surface area contributed by atoms with Gasteiger partial charge in [-0.1, -0.05) is 54.6 Å². The van der Waals surface area contributed by atoms with Crippen LogP contribution in [0.1, 0.15) is 18.4 Å². The van der Waals surface area contributed by atoms with Crippen molar-refractivity contribution in [2.45, 2.75) is 12.8 Å². The Labute approximate surface area is 144 Å². The first-order valence-electron chi connectivity index (χ1n) is 8.77. The lowest BCUT2D eigenvalue weighted by Gasteiger charge is -2.34. The van der Waals surface area contributed by atoms with E-state index in [4.69, 9.17) is 0 Å². The Balaban J connectivity index is 1.59. The van der Waals surface area contributed by atoms with Gasteiger partial charge in [0.15, 0.2) is 0 Å². The molecule has 3 heteroatoms. The number of nitrogens with one attached hydrogen (secondary N) is 1. The Morgan fingerprint density at radius 3 is 2.46 bits per heavy atom. The summed E-state index contributed by atoms with van der Waals surface area (Å²) < 4.78 is 0. The SMILES string of the molecule is OCC1CCN(c2ccccc2NC/C=C/c2ccccc2)CC1. The molecule has 1 fully saturated rings. The fourth-order valence-corrected chi connectivity index (χ4v) is 3.18. The molecule has 0 saturated carbocycles. The molecule has 2 aromatic carbocycles. The molecule has 0 atom stereocenters. The first-order chi connectivity index (χ1) is 11.9. The fraction of sp³-hybridized carbons (Fsp3) is 0.333. The maximum Gasteiger partial charge on any atom is 0.0602 e. The number of anilines is 2. The monoisotopic (exact) mass is 322 g/mol. The van der Waals surface area contributed by atoms with E-state index in [9.17, 15) is 5.11 Å². The zero-order valence-electron chi connectivity index (χ0n) is 14.1. The molecule has 3 rings (SSSR count). The van der Waals surface area contributed by atoms with Crippen LogP contribution < -0.4 is 10.2 Å². The van der Waals surface area contributed by atoms with Gasteiger partial charge in [0.2, 0.25) is 0 Å². The van der Waals surface area contributed by atoms with Crippen LogP contribution in [-0.2, 0) is 0 Å². The van der Waals surface area contributed by atoms with Gasteiger partial charge >= 0.3 is 0 Å². The van der Waals surface area contributed by atoms with Crippen LogP contribution in [-0.4, -0.2) is 31.3 Å². The summed E-state index contributed by atoms with van der Waals surface area (Å²) in [6, 6.07) is 18.9. The maximum atomic E-state index is 9.30. The van der Waals surface area contributed by atoms with Crippen LogP contribution in [0.2, 0.25) is 0 Å². The molecule has 2 aromatic rings. The van der Waals surface area contributed by atoms with E-state index in [1.165, 1.54) is 16.9 Å². The van der Waals surface area contributed by atoms with Gasteiger partial charge < -0.3 is 15.3 Å². The van der Waals surface area contributed by atoms with Crippen LogP contribution in [0.15, 0.2) is 60.7 Å². The lowest BCUT2D eigenvalue weighted by molar-refractivity contribution is 0.203. The van der Waals surface area contributed by atoms with E-state index in [2.05, 4.69) is 70.9 Å². The maximum absolute atomic E-state index is 9.30. The number of piperidine rings is 1. The third-order valence-corrected chi connectivity index (χ3v) is 4.64. The summed E-state index contributed by atoms with van der Waals surface area (Å²) in [7, 11) is 0. The second-order valence-corrected chi connectivity index (χ2v) is 6.32. The molecular weight excluding hydrogens is 296 g/mol. The average Bonchev–Trinajstić information content (AvgIpc) is 2.66. The second-order valence-electron chi connectivity index (χ2n) is 6.32. The molecule has 0 bridgehead atoms. The van der Waals surface area contributed by atoms with Gasteiger partial charge in [-0.05, 0) is 36.5 Å². The number of hydrogen-bond donors (Lipinski definition) is 2. The zero-order valence-corrected chi connectivity index (χ0v) is 14.1. The Bertz CT molecular complexity index is 646. The third kappa shape index (κ3) is 4.39. The number of rotatable bonds is 6. The van der Waals surface area contributed by atoms with Gasteiger partial charge in [0.1, 0.15) is 0 Å². The molecule has 0 unspecified atom stereocenters.